The molecule has 2 heterocycles. The van der Waals surface area contributed by atoms with Crippen molar-refractivity contribution in [1.29, 1.82) is 5.26 Å². The van der Waals surface area contributed by atoms with Gasteiger partial charge in [0.1, 0.15) is 17.4 Å². The number of ether oxygens (including phenoxy) is 1. The summed E-state index contributed by atoms with van der Waals surface area (Å²) in [5.41, 5.74) is 3.52. The number of fused-ring (bicyclic) bond motifs is 1. The molecule has 7 nitrogen and oxygen atoms in total. The third-order valence-electron chi connectivity index (χ3n) is 5.45. The summed E-state index contributed by atoms with van der Waals surface area (Å²) in [5, 5.41) is 9.79. The van der Waals surface area contributed by atoms with Crippen LogP contribution in [-0.2, 0) is 16.1 Å². The van der Waals surface area contributed by atoms with Gasteiger partial charge in [-0.25, -0.2) is 0 Å². The first-order valence-electron chi connectivity index (χ1n) is 10.4. The van der Waals surface area contributed by atoms with Gasteiger partial charge in [-0.1, -0.05) is 19.1 Å². The molecule has 1 aromatic carbocycles. The lowest BCUT2D eigenvalue weighted by atomic mass is 10.1. The highest BCUT2D eigenvalue weighted by Gasteiger charge is 2.35. The van der Waals surface area contributed by atoms with Crippen molar-refractivity contribution in [3.63, 3.8) is 0 Å². The molecule has 2 aromatic rings. The number of aromatic nitrogens is 1. The Labute approximate surface area is 183 Å². The van der Waals surface area contributed by atoms with E-state index in [4.69, 9.17) is 4.74 Å². The molecule has 2 amide bonds. The van der Waals surface area contributed by atoms with E-state index in [1.54, 1.807) is 44.4 Å². The van der Waals surface area contributed by atoms with Crippen molar-refractivity contribution >= 4 is 23.6 Å². The number of hydrogen-bond acceptors (Lipinski definition) is 4. The van der Waals surface area contributed by atoms with Crippen LogP contribution in [-0.4, -0.2) is 48.0 Å². The minimum atomic E-state index is -0.830. The highest BCUT2D eigenvalue weighted by molar-refractivity contribution is 6.12. The van der Waals surface area contributed by atoms with Gasteiger partial charge in [0.25, 0.3) is 11.8 Å². The molecular formula is C24H28N4O3. The van der Waals surface area contributed by atoms with Crippen molar-refractivity contribution in [3.05, 3.63) is 52.9 Å². The molecule has 0 spiro atoms. The van der Waals surface area contributed by atoms with Gasteiger partial charge in [0, 0.05) is 32.0 Å². The summed E-state index contributed by atoms with van der Waals surface area (Å²) in [5.74, 6) is -0.242. The maximum absolute atomic E-state index is 13.4. The highest BCUT2D eigenvalue weighted by Crippen LogP contribution is 2.34. The number of carbonyl (C=O) groups is 2. The third kappa shape index (κ3) is 4.33. The zero-order valence-corrected chi connectivity index (χ0v) is 18.7. The maximum Gasteiger partial charge on any atom is 0.269 e. The molecule has 0 saturated carbocycles. The Morgan fingerprint density at radius 2 is 2.00 bits per heavy atom. The molecule has 1 aromatic heterocycles. The summed E-state index contributed by atoms with van der Waals surface area (Å²) in [6.07, 6.45) is 1.80. The molecule has 7 heteroatoms. The Morgan fingerprint density at radius 1 is 1.29 bits per heavy atom. The number of amides is 2. The summed E-state index contributed by atoms with van der Waals surface area (Å²) in [7, 11) is 3.29. The van der Waals surface area contributed by atoms with Crippen molar-refractivity contribution in [2.45, 2.75) is 39.8 Å². The molecule has 0 unspecified atom stereocenters. The standard InChI is InChI=1S/C24H28N4O3/c1-6-11-27-16(2)12-18(17(27)3)13-19(14-25)23(29)28-15-22(24(30)26(4)5)31-21-10-8-7-9-20(21)28/h7-10,12-13,22H,6,11,15H2,1-5H3/b19-13+/t22-/m0/s1. The Hall–Kier alpha value is -3.53. The molecule has 1 aliphatic heterocycles. The Balaban J connectivity index is 1.99. The maximum atomic E-state index is 13.4. The van der Waals surface area contributed by atoms with Crippen molar-refractivity contribution in [2.24, 2.45) is 0 Å². The van der Waals surface area contributed by atoms with Gasteiger partial charge in [-0.3, -0.25) is 14.5 Å². The van der Waals surface area contributed by atoms with E-state index >= 15 is 0 Å². The number of anilines is 1. The number of para-hydroxylation sites is 2. The Kier molecular flexibility index (Phi) is 6.50. The van der Waals surface area contributed by atoms with Crippen LogP contribution in [0.5, 0.6) is 5.75 Å². The van der Waals surface area contributed by atoms with Crippen molar-refractivity contribution in [1.82, 2.24) is 9.47 Å². The first kappa shape index (κ1) is 22.2. The number of hydrogen-bond donors (Lipinski definition) is 0. The van der Waals surface area contributed by atoms with Crippen LogP contribution in [0.25, 0.3) is 6.08 Å². The van der Waals surface area contributed by atoms with E-state index in [-0.39, 0.29) is 18.0 Å². The van der Waals surface area contributed by atoms with Crippen LogP contribution in [0.3, 0.4) is 0 Å². The molecule has 0 bridgehead atoms. The number of aryl methyl sites for hydroxylation is 1. The molecule has 1 aliphatic rings. The second-order valence-electron chi connectivity index (χ2n) is 7.87. The van der Waals surface area contributed by atoms with E-state index in [1.807, 2.05) is 19.9 Å². The van der Waals surface area contributed by atoms with Crippen LogP contribution in [0.4, 0.5) is 5.69 Å². The molecule has 0 N–H and O–H groups in total. The lowest BCUT2D eigenvalue weighted by molar-refractivity contribution is -0.136. The van der Waals surface area contributed by atoms with Crippen LogP contribution in [0.15, 0.2) is 35.9 Å². The van der Waals surface area contributed by atoms with Crippen molar-refractivity contribution < 1.29 is 14.3 Å². The molecular weight excluding hydrogens is 392 g/mol. The first-order chi connectivity index (χ1) is 14.8. The monoisotopic (exact) mass is 420 g/mol. The summed E-state index contributed by atoms with van der Waals surface area (Å²) < 4.78 is 8.02. The number of rotatable bonds is 5. The molecule has 0 saturated heterocycles. The SMILES string of the molecule is CCCn1c(C)cc(/C=C(\C#N)C(=O)N2C[C@@H](C(=O)N(C)C)Oc3ccccc32)c1C. The quantitative estimate of drug-likeness (QED) is 0.549. The smallest absolute Gasteiger partial charge is 0.269 e. The average molecular weight is 421 g/mol. The van der Waals surface area contributed by atoms with E-state index in [1.165, 1.54) is 9.80 Å². The van der Waals surface area contributed by atoms with Gasteiger partial charge >= 0.3 is 0 Å². The van der Waals surface area contributed by atoms with Crippen LogP contribution in [0, 0.1) is 25.2 Å². The van der Waals surface area contributed by atoms with Gasteiger partial charge in [-0.15, -0.1) is 0 Å². The lowest BCUT2D eigenvalue weighted by Gasteiger charge is -2.35. The second kappa shape index (κ2) is 9.09. The molecule has 0 fully saturated rings. The minimum Gasteiger partial charge on any atom is -0.476 e. The van der Waals surface area contributed by atoms with E-state index < -0.39 is 12.0 Å². The fourth-order valence-corrected chi connectivity index (χ4v) is 3.83. The number of nitrogens with zero attached hydrogens (tertiary/aromatic N) is 4. The normalized spacial score (nSPS) is 15.7. The van der Waals surface area contributed by atoms with Crippen molar-refractivity contribution in [2.75, 3.05) is 25.5 Å². The average Bonchev–Trinajstić information content (AvgIpc) is 3.03. The number of benzene rings is 1. The molecule has 31 heavy (non-hydrogen) atoms. The van der Waals surface area contributed by atoms with E-state index in [9.17, 15) is 14.9 Å². The Morgan fingerprint density at radius 3 is 2.65 bits per heavy atom. The predicted octanol–water partition coefficient (Wildman–Crippen LogP) is 3.30. The summed E-state index contributed by atoms with van der Waals surface area (Å²) in [4.78, 5) is 28.8. The van der Waals surface area contributed by atoms with E-state index in [0.717, 1.165) is 29.9 Å². The fraction of sp³-hybridized carbons (Fsp3) is 0.375. The largest absolute Gasteiger partial charge is 0.476 e. The molecule has 0 aliphatic carbocycles. The summed E-state index contributed by atoms with van der Waals surface area (Å²) in [6, 6.07) is 11.1. The molecule has 162 valence electrons. The van der Waals surface area contributed by atoms with E-state index in [0.29, 0.717) is 11.4 Å². The zero-order chi connectivity index (χ0) is 22.7. The van der Waals surface area contributed by atoms with Crippen LogP contribution in [0.2, 0.25) is 0 Å². The van der Waals surface area contributed by atoms with Crippen LogP contribution >= 0.6 is 0 Å². The molecule has 0 radical (unpaired) electrons. The van der Waals surface area contributed by atoms with Crippen LogP contribution in [0.1, 0.15) is 30.3 Å². The lowest BCUT2D eigenvalue weighted by Crippen LogP contribution is -2.50. The summed E-state index contributed by atoms with van der Waals surface area (Å²) >= 11 is 0. The van der Waals surface area contributed by atoms with Gasteiger partial charge in [-0.2, -0.15) is 5.26 Å². The highest BCUT2D eigenvalue weighted by atomic mass is 16.5. The van der Waals surface area contributed by atoms with E-state index in [2.05, 4.69) is 17.6 Å². The van der Waals surface area contributed by atoms with Gasteiger partial charge < -0.3 is 14.2 Å². The van der Waals surface area contributed by atoms with Gasteiger partial charge in [0.2, 0.25) is 0 Å². The van der Waals surface area contributed by atoms with Gasteiger partial charge in [-0.05, 0) is 50.1 Å². The predicted molar refractivity (Wildman–Crippen MR) is 120 cm³/mol. The number of carbonyl (C=O) groups excluding carboxylic acids is 2. The number of nitriles is 1. The minimum absolute atomic E-state index is 0.0181. The van der Waals surface area contributed by atoms with Gasteiger partial charge in [0.05, 0.1) is 12.2 Å². The fourth-order valence-electron chi connectivity index (χ4n) is 3.83. The number of likely N-dealkylation sites (N-methyl/N-ethyl adjacent to an activating group) is 1. The second-order valence-corrected chi connectivity index (χ2v) is 7.87. The summed E-state index contributed by atoms with van der Waals surface area (Å²) in [6.45, 7) is 7.04. The Bertz CT molecular complexity index is 1070. The van der Waals surface area contributed by atoms with Crippen molar-refractivity contribution in [3.8, 4) is 11.8 Å². The first-order valence-corrected chi connectivity index (χ1v) is 10.4. The third-order valence-corrected chi connectivity index (χ3v) is 5.45. The zero-order valence-electron chi connectivity index (χ0n) is 18.7. The topological polar surface area (TPSA) is 78.6 Å². The molecule has 1 atom stereocenters. The van der Waals surface area contributed by atoms with Crippen LogP contribution < -0.4 is 9.64 Å². The van der Waals surface area contributed by atoms with Gasteiger partial charge in [0.15, 0.2) is 6.10 Å². The molecule has 3 rings (SSSR count).